The summed E-state index contributed by atoms with van der Waals surface area (Å²) < 4.78 is 11.5. The highest BCUT2D eigenvalue weighted by Crippen LogP contribution is 2.35. The summed E-state index contributed by atoms with van der Waals surface area (Å²) in [6.45, 7) is 7.09. The summed E-state index contributed by atoms with van der Waals surface area (Å²) in [5.74, 6) is 1.92. The van der Waals surface area contributed by atoms with Gasteiger partial charge in [-0.2, -0.15) is 0 Å². The SMILES string of the molecule is CC(C)(C)OC(=O)N1CCC2NNC(c3ccc(Oc4ccccc4)cc3)C2C1. The number of rotatable bonds is 3. The van der Waals surface area contributed by atoms with Gasteiger partial charge < -0.3 is 14.4 Å². The number of amides is 1. The standard InChI is InChI=1S/C23H29N3O3/c1-23(2,3)29-22(27)26-14-13-20-19(15-26)21(25-24-20)16-9-11-18(12-10-16)28-17-7-5-4-6-8-17/h4-12,19-21,24-25H,13-15H2,1-3H3. The lowest BCUT2D eigenvalue weighted by Gasteiger charge is -2.36. The van der Waals surface area contributed by atoms with Crippen LogP contribution in [0.5, 0.6) is 11.5 Å². The van der Waals surface area contributed by atoms with Crippen molar-refractivity contribution < 1.29 is 14.3 Å². The van der Waals surface area contributed by atoms with Crippen LogP contribution >= 0.6 is 0 Å². The average Bonchev–Trinajstić information content (AvgIpc) is 3.11. The Hall–Kier alpha value is -2.57. The molecule has 0 spiro atoms. The predicted molar refractivity (Wildman–Crippen MR) is 112 cm³/mol. The van der Waals surface area contributed by atoms with Gasteiger partial charge in [-0.3, -0.25) is 5.43 Å². The maximum Gasteiger partial charge on any atom is 0.410 e. The van der Waals surface area contributed by atoms with Gasteiger partial charge in [-0.25, -0.2) is 10.2 Å². The summed E-state index contributed by atoms with van der Waals surface area (Å²) in [5.41, 5.74) is 7.53. The number of hydrazine groups is 1. The number of piperidine rings is 1. The van der Waals surface area contributed by atoms with Crippen LogP contribution in [0.15, 0.2) is 54.6 Å². The van der Waals surface area contributed by atoms with Crippen LogP contribution in [0.1, 0.15) is 38.8 Å². The van der Waals surface area contributed by atoms with Gasteiger partial charge in [0.2, 0.25) is 0 Å². The molecule has 2 saturated heterocycles. The fraction of sp³-hybridized carbons (Fsp3) is 0.435. The van der Waals surface area contributed by atoms with Crippen LogP contribution in [0.4, 0.5) is 4.79 Å². The van der Waals surface area contributed by atoms with Crippen molar-refractivity contribution in [2.45, 2.75) is 44.9 Å². The van der Waals surface area contributed by atoms with Crippen LogP contribution < -0.4 is 15.6 Å². The van der Waals surface area contributed by atoms with Gasteiger partial charge in [0.05, 0.1) is 6.04 Å². The Morgan fingerprint density at radius 1 is 1.00 bits per heavy atom. The van der Waals surface area contributed by atoms with Crippen molar-refractivity contribution in [3.63, 3.8) is 0 Å². The monoisotopic (exact) mass is 395 g/mol. The fourth-order valence-corrected chi connectivity index (χ4v) is 3.99. The molecule has 3 unspecified atom stereocenters. The number of hydrogen-bond acceptors (Lipinski definition) is 5. The molecule has 2 aliphatic rings. The molecule has 6 nitrogen and oxygen atoms in total. The van der Waals surface area contributed by atoms with Crippen molar-refractivity contribution in [2.24, 2.45) is 5.92 Å². The van der Waals surface area contributed by atoms with E-state index in [1.54, 1.807) is 0 Å². The van der Waals surface area contributed by atoms with E-state index in [1.807, 2.05) is 68.1 Å². The molecule has 0 bridgehead atoms. The number of nitrogens with one attached hydrogen (secondary N) is 2. The lowest BCUT2D eigenvalue weighted by atomic mass is 9.85. The van der Waals surface area contributed by atoms with Crippen molar-refractivity contribution in [1.82, 2.24) is 15.8 Å². The van der Waals surface area contributed by atoms with Gasteiger partial charge >= 0.3 is 6.09 Å². The van der Waals surface area contributed by atoms with Crippen molar-refractivity contribution in [3.8, 4) is 11.5 Å². The zero-order chi connectivity index (χ0) is 20.4. The Kier molecular flexibility index (Phi) is 5.48. The van der Waals surface area contributed by atoms with E-state index < -0.39 is 5.60 Å². The van der Waals surface area contributed by atoms with Crippen LogP contribution in [0.2, 0.25) is 0 Å². The molecule has 2 aromatic carbocycles. The molecule has 2 fully saturated rings. The third-order valence-electron chi connectivity index (χ3n) is 5.38. The molecule has 6 heteroatoms. The van der Waals surface area contributed by atoms with Gasteiger partial charge in [-0.1, -0.05) is 30.3 Å². The van der Waals surface area contributed by atoms with E-state index in [2.05, 4.69) is 23.0 Å². The Morgan fingerprint density at radius 2 is 1.69 bits per heavy atom. The van der Waals surface area contributed by atoms with E-state index in [0.29, 0.717) is 19.1 Å². The van der Waals surface area contributed by atoms with E-state index in [9.17, 15) is 4.79 Å². The molecule has 1 amide bonds. The summed E-state index contributed by atoms with van der Waals surface area (Å²) in [4.78, 5) is 14.3. The number of ether oxygens (including phenoxy) is 2. The number of carbonyl (C=O) groups excluding carboxylic acids is 1. The van der Waals surface area contributed by atoms with Crippen LogP contribution in [-0.4, -0.2) is 35.7 Å². The first-order valence-electron chi connectivity index (χ1n) is 10.2. The third kappa shape index (κ3) is 4.71. The minimum Gasteiger partial charge on any atom is -0.457 e. The van der Waals surface area contributed by atoms with E-state index in [0.717, 1.165) is 17.9 Å². The summed E-state index contributed by atoms with van der Waals surface area (Å²) in [5, 5.41) is 0. The molecular weight excluding hydrogens is 366 g/mol. The number of likely N-dealkylation sites (tertiary alicyclic amines) is 1. The second-order valence-electron chi connectivity index (χ2n) is 8.74. The first-order valence-corrected chi connectivity index (χ1v) is 10.2. The van der Waals surface area contributed by atoms with Crippen LogP contribution in [0, 0.1) is 5.92 Å². The fourth-order valence-electron chi connectivity index (χ4n) is 3.99. The predicted octanol–water partition coefficient (Wildman–Crippen LogP) is 4.25. The van der Waals surface area contributed by atoms with Gasteiger partial charge in [-0.15, -0.1) is 0 Å². The zero-order valence-corrected chi connectivity index (χ0v) is 17.2. The number of para-hydroxylation sites is 1. The lowest BCUT2D eigenvalue weighted by Crippen LogP contribution is -2.49. The Bertz CT molecular complexity index is 833. The summed E-state index contributed by atoms with van der Waals surface area (Å²) in [6, 6.07) is 18.4. The van der Waals surface area contributed by atoms with E-state index in [-0.39, 0.29) is 18.1 Å². The highest BCUT2D eigenvalue weighted by molar-refractivity contribution is 5.68. The molecule has 2 N–H and O–H groups in total. The summed E-state index contributed by atoms with van der Waals surface area (Å²) in [7, 11) is 0. The number of hydrogen-bond donors (Lipinski definition) is 2. The highest BCUT2D eigenvalue weighted by Gasteiger charge is 2.42. The Balaban J connectivity index is 1.43. The van der Waals surface area contributed by atoms with Crippen LogP contribution in [0.3, 0.4) is 0 Å². The summed E-state index contributed by atoms with van der Waals surface area (Å²) >= 11 is 0. The zero-order valence-electron chi connectivity index (χ0n) is 17.2. The normalized spacial score (nSPS) is 24.1. The van der Waals surface area contributed by atoms with Gasteiger partial charge in [0.1, 0.15) is 17.1 Å². The average molecular weight is 396 g/mol. The van der Waals surface area contributed by atoms with Crippen LogP contribution in [-0.2, 0) is 4.74 Å². The second kappa shape index (κ2) is 8.05. The first-order chi connectivity index (χ1) is 13.9. The Morgan fingerprint density at radius 3 is 2.38 bits per heavy atom. The maximum absolute atomic E-state index is 12.5. The molecule has 29 heavy (non-hydrogen) atoms. The molecule has 3 atom stereocenters. The van der Waals surface area contributed by atoms with Crippen LogP contribution in [0.25, 0.3) is 0 Å². The van der Waals surface area contributed by atoms with Crippen molar-refractivity contribution >= 4 is 6.09 Å². The highest BCUT2D eigenvalue weighted by atomic mass is 16.6. The van der Waals surface area contributed by atoms with Gasteiger partial charge in [0.25, 0.3) is 0 Å². The maximum atomic E-state index is 12.5. The molecule has 4 rings (SSSR count). The molecule has 0 radical (unpaired) electrons. The van der Waals surface area contributed by atoms with E-state index >= 15 is 0 Å². The molecule has 0 aliphatic carbocycles. The molecule has 2 heterocycles. The number of fused-ring (bicyclic) bond motifs is 1. The molecule has 2 aliphatic heterocycles. The summed E-state index contributed by atoms with van der Waals surface area (Å²) in [6.07, 6.45) is 0.677. The third-order valence-corrected chi connectivity index (χ3v) is 5.38. The number of benzene rings is 2. The lowest BCUT2D eigenvalue weighted by molar-refractivity contribution is 0.0149. The Labute approximate surface area is 172 Å². The smallest absolute Gasteiger partial charge is 0.410 e. The van der Waals surface area contributed by atoms with Gasteiger partial charge in [0.15, 0.2) is 0 Å². The molecule has 154 valence electrons. The van der Waals surface area contributed by atoms with Crippen molar-refractivity contribution in [3.05, 3.63) is 60.2 Å². The first kappa shape index (κ1) is 19.7. The molecule has 2 aromatic rings. The number of carbonyl (C=O) groups is 1. The molecule has 0 aromatic heterocycles. The van der Waals surface area contributed by atoms with E-state index in [4.69, 9.17) is 9.47 Å². The molecule has 0 saturated carbocycles. The largest absolute Gasteiger partial charge is 0.457 e. The van der Waals surface area contributed by atoms with Gasteiger partial charge in [-0.05, 0) is 57.0 Å². The van der Waals surface area contributed by atoms with Gasteiger partial charge in [0, 0.05) is 25.0 Å². The topological polar surface area (TPSA) is 62.8 Å². The second-order valence-corrected chi connectivity index (χ2v) is 8.74. The van der Waals surface area contributed by atoms with Crippen molar-refractivity contribution in [2.75, 3.05) is 13.1 Å². The minimum atomic E-state index is -0.478. The minimum absolute atomic E-state index is 0.135. The number of nitrogens with zero attached hydrogens (tertiary/aromatic N) is 1. The quantitative estimate of drug-likeness (QED) is 0.813. The van der Waals surface area contributed by atoms with Crippen molar-refractivity contribution in [1.29, 1.82) is 0 Å². The molecular formula is C23H29N3O3. The van der Waals surface area contributed by atoms with E-state index in [1.165, 1.54) is 5.56 Å².